The van der Waals surface area contributed by atoms with Crippen molar-refractivity contribution in [2.24, 2.45) is 5.84 Å². The lowest BCUT2D eigenvalue weighted by atomic mass is 10.1. The zero-order valence-electron chi connectivity index (χ0n) is 11.1. The van der Waals surface area contributed by atoms with E-state index < -0.39 is 6.10 Å². The number of carbonyl (C=O) groups excluding carboxylic acids is 1. The summed E-state index contributed by atoms with van der Waals surface area (Å²) in [4.78, 5) is 11.3. The molecule has 2 atom stereocenters. The molecule has 104 valence electrons. The largest absolute Gasteiger partial charge is 0.491 e. The predicted molar refractivity (Wildman–Crippen MR) is 71.5 cm³/mol. The van der Waals surface area contributed by atoms with Crippen LogP contribution >= 0.6 is 0 Å². The number of rotatable bonds is 5. The molecule has 0 saturated carbocycles. The molecule has 19 heavy (non-hydrogen) atoms. The van der Waals surface area contributed by atoms with Gasteiger partial charge in [0.05, 0.1) is 6.10 Å². The number of aryl methyl sites for hydroxylation is 1. The van der Waals surface area contributed by atoms with Crippen LogP contribution in [0.2, 0.25) is 0 Å². The number of nitrogens with two attached hydrogens (primary N) is 1. The van der Waals surface area contributed by atoms with Crippen LogP contribution in [0.4, 0.5) is 0 Å². The molecule has 1 saturated heterocycles. The molecule has 0 bridgehead atoms. The smallest absolute Gasteiger partial charge is 0.263 e. The van der Waals surface area contributed by atoms with E-state index in [-0.39, 0.29) is 12.0 Å². The summed E-state index contributed by atoms with van der Waals surface area (Å²) < 4.78 is 11.4. The second-order valence-electron chi connectivity index (χ2n) is 4.60. The van der Waals surface area contributed by atoms with Gasteiger partial charge in [0.2, 0.25) is 0 Å². The van der Waals surface area contributed by atoms with E-state index in [1.165, 1.54) is 5.56 Å². The molecule has 1 fully saturated rings. The normalized spacial score (nSPS) is 22.2. The lowest BCUT2D eigenvalue weighted by molar-refractivity contribution is -0.132. The molecule has 0 radical (unpaired) electrons. The van der Waals surface area contributed by atoms with Gasteiger partial charge in [0.15, 0.2) is 0 Å². The number of carbonyl (C=O) groups is 1. The molecular formula is C14H20N2O3. The Morgan fingerprint density at radius 1 is 1.47 bits per heavy atom. The minimum Gasteiger partial charge on any atom is -0.491 e. The quantitative estimate of drug-likeness (QED) is 0.475. The number of hydrazine groups is 1. The van der Waals surface area contributed by atoms with Crippen LogP contribution in [0.3, 0.4) is 0 Å². The lowest BCUT2D eigenvalue weighted by Gasteiger charge is -2.15. The Bertz CT molecular complexity index is 436. The fraction of sp³-hybridized carbons (Fsp3) is 0.500. The molecule has 1 aromatic rings. The number of hydrogen-bond donors (Lipinski definition) is 2. The average Bonchev–Trinajstić information content (AvgIpc) is 2.93. The number of hydrogen-bond acceptors (Lipinski definition) is 4. The van der Waals surface area contributed by atoms with Crippen molar-refractivity contribution in [2.75, 3.05) is 6.61 Å². The average molecular weight is 264 g/mol. The zero-order chi connectivity index (χ0) is 13.7. The minimum atomic E-state index is -0.444. The van der Waals surface area contributed by atoms with Crippen LogP contribution < -0.4 is 16.0 Å². The Morgan fingerprint density at radius 3 is 3.00 bits per heavy atom. The summed E-state index contributed by atoms with van der Waals surface area (Å²) in [6.45, 7) is 2.56. The minimum absolute atomic E-state index is 0.0489. The first-order chi connectivity index (χ1) is 9.24. The highest BCUT2D eigenvalue weighted by Gasteiger charge is 2.30. The van der Waals surface area contributed by atoms with E-state index >= 15 is 0 Å². The fourth-order valence-corrected chi connectivity index (χ4v) is 2.23. The Morgan fingerprint density at radius 2 is 2.26 bits per heavy atom. The maximum atomic E-state index is 11.3. The summed E-state index contributed by atoms with van der Waals surface area (Å²) in [5, 5.41) is 0. The van der Waals surface area contributed by atoms with E-state index in [0.717, 1.165) is 18.6 Å². The van der Waals surface area contributed by atoms with Crippen LogP contribution in [-0.2, 0) is 16.0 Å². The van der Waals surface area contributed by atoms with Gasteiger partial charge in [-0.05, 0) is 30.9 Å². The van der Waals surface area contributed by atoms with Crippen molar-refractivity contribution >= 4 is 5.91 Å². The van der Waals surface area contributed by atoms with Gasteiger partial charge < -0.3 is 9.47 Å². The number of benzene rings is 1. The van der Waals surface area contributed by atoms with E-state index in [0.29, 0.717) is 13.0 Å². The van der Waals surface area contributed by atoms with Crippen LogP contribution in [0.5, 0.6) is 5.75 Å². The van der Waals surface area contributed by atoms with Gasteiger partial charge in [0.1, 0.15) is 18.5 Å². The van der Waals surface area contributed by atoms with Crippen molar-refractivity contribution in [3.8, 4) is 5.75 Å². The Balaban J connectivity index is 1.85. The number of nitrogens with one attached hydrogen (secondary N) is 1. The Hall–Kier alpha value is -1.59. The number of ether oxygens (including phenoxy) is 2. The molecule has 1 heterocycles. The summed E-state index contributed by atoms with van der Waals surface area (Å²) in [6, 6.07) is 7.96. The van der Waals surface area contributed by atoms with E-state index in [2.05, 4.69) is 18.4 Å². The van der Waals surface area contributed by atoms with Gasteiger partial charge in [-0.3, -0.25) is 10.2 Å². The SMILES string of the molecule is CCc1ccccc1OCC1CCC(C(=O)NN)O1. The maximum Gasteiger partial charge on any atom is 0.263 e. The Kier molecular flexibility index (Phi) is 4.76. The van der Waals surface area contributed by atoms with Crippen LogP contribution in [0.25, 0.3) is 0 Å². The summed E-state index contributed by atoms with van der Waals surface area (Å²) in [5.41, 5.74) is 3.29. The van der Waals surface area contributed by atoms with Crippen LogP contribution in [-0.4, -0.2) is 24.7 Å². The standard InChI is InChI=1S/C14H20N2O3/c1-2-10-5-3-4-6-12(10)18-9-11-7-8-13(19-11)14(17)16-15/h3-6,11,13H,2,7-9,15H2,1H3,(H,16,17). The highest BCUT2D eigenvalue weighted by atomic mass is 16.5. The third-order valence-electron chi connectivity index (χ3n) is 3.32. The van der Waals surface area contributed by atoms with Crippen LogP contribution in [0.1, 0.15) is 25.3 Å². The van der Waals surface area contributed by atoms with Crippen molar-refractivity contribution in [2.45, 2.75) is 38.4 Å². The first-order valence-electron chi connectivity index (χ1n) is 6.61. The molecule has 0 aliphatic carbocycles. The first kappa shape index (κ1) is 13.8. The monoisotopic (exact) mass is 264 g/mol. The fourth-order valence-electron chi connectivity index (χ4n) is 2.23. The van der Waals surface area contributed by atoms with Gasteiger partial charge in [-0.15, -0.1) is 0 Å². The van der Waals surface area contributed by atoms with Gasteiger partial charge in [-0.2, -0.15) is 0 Å². The molecule has 1 aliphatic heterocycles. The number of amides is 1. The molecule has 2 unspecified atom stereocenters. The van der Waals surface area contributed by atoms with Crippen molar-refractivity contribution in [1.82, 2.24) is 5.43 Å². The molecular weight excluding hydrogens is 244 g/mol. The van der Waals surface area contributed by atoms with Gasteiger partial charge in [-0.1, -0.05) is 25.1 Å². The highest BCUT2D eigenvalue weighted by molar-refractivity contribution is 5.80. The van der Waals surface area contributed by atoms with Gasteiger partial charge >= 0.3 is 0 Å². The van der Waals surface area contributed by atoms with Gasteiger partial charge in [-0.25, -0.2) is 5.84 Å². The predicted octanol–water partition coefficient (Wildman–Crippen LogP) is 1.17. The highest BCUT2D eigenvalue weighted by Crippen LogP contribution is 2.23. The molecule has 1 amide bonds. The van der Waals surface area contributed by atoms with E-state index in [9.17, 15) is 4.79 Å². The molecule has 1 aromatic carbocycles. The topological polar surface area (TPSA) is 73.6 Å². The first-order valence-corrected chi connectivity index (χ1v) is 6.61. The van der Waals surface area contributed by atoms with E-state index in [1.807, 2.05) is 18.2 Å². The van der Waals surface area contributed by atoms with E-state index in [1.54, 1.807) is 0 Å². The molecule has 1 aliphatic rings. The Labute approximate surface area is 113 Å². The third-order valence-corrected chi connectivity index (χ3v) is 3.32. The van der Waals surface area contributed by atoms with Crippen LogP contribution in [0, 0.1) is 0 Å². The van der Waals surface area contributed by atoms with Crippen molar-refractivity contribution in [3.63, 3.8) is 0 Å². The summed E-state index contributed by atoms with van der Waals surface area (Å²) in [5.74, 6) is 5.71. The second-order valence-corrected chi connectivity index (χ2v) is 4.60. The third kappa shape index (κ3) is 3.45. The summed E-state index contributed by atoms with van der Waals surface area (Å²) in [7, 11) is 0. The van der Waals surface area contributed by atoms with E-state index in [4.69, 9.17) is 15.3 Å². The maximum absolute atomic E-state index is 11.3. The summed E-state index contributed by atoms with van der Waals surface area (Å²) >= 11 is 0. The lowest BCUT2D eigenvalue weighted by Crippen LogP contribution is -2.39. The molecule has 3 N–H and O–H groups in total. The van der Waals surface area contributed by atoms with Gasteiger partial charge in [0, 0.05) is 0 Å². The number of para-hydroxylation sites is 1. The zero-order valence-corrected chi connectivity index (χ0v) is 11.1. The molecule has 0 aromatic heterocycles. The summed E-state index contributed by atoms with van der Waals surface area (Å²) in [6.07, 6.45) is 1.94. The molecule has 2 rings (SSSR count). The van der Waals surface area contributed by atoms with Crippen LogP contribution in [0.15, 0.2) is 24.3 Å². The molecule has 5 nitrogen and oxygen atoms in total. The second kappa shape index (κ2) is 6.54. The van der Waals surface area contributed by atoms with Crippen molar-refractivity contribution < 1.29 is 14.3 Å². The van der Waals surface area contributed by atoms with Crippen molar-refractivity contribution in [3.05, 3.63) is 29.8 Å². The molecule has 0 spiro atoms. The molecule has 5 heteroatoms. The van der Waals surface area contributed by atoms with Crippen molar-refractivity contribution in [1.29, 1.82) is 0 Å². The van der Waals surface area contributed by atoms with Gasteiger partial charge in [0.25, 0.3) is 5.91 Å².